The van der Waals surface area contributed by atoms with Crippen molar-refractivity contribution in [2.24, 2.45) is 0 Å². The van der Waals surface area contributed by atoms with Gasteiger partial charge in [0.15, 0.2) is 12.4 Å². The number of aromatic nitrogens is 1. The molecular formula is C11H9Cl2NO. The molecule has 15 heavy (non-hydrogen) atoms. The van der Waals surface area contributed by atoms with Gasteiger partial charge in [0.05, 0.1) is 0 Å². The van der Waals surface area contributed by atoms with Crippen LogP contribution in [0.1, 0.15) is 0 Å². The fraction of sp³-hybridized carbons (Fsp3) is 0. The Bertz CT molecular complexity index is 446. The third kappa shape index (κ3) is 2.69. The largest absolute Gasteiger partial charge is 0.870 e. The van der Waals surface area contributed by atoms with Crippen LogP contribution in [0, 0.1) is 0 Å². The molecule has 2 N–H and O–H groups in total. The molecule has 0 atom stereocenters. The standard InChI is InChI=1S/C11H7Cl2N.H2O/c12-9-1-2-10(11(13)7-9)8-3-5-14-6-4-8;/h1-7H;1H2. The quantitative estimate of drug-likeness (QED) is 0.756. The average molecular weight is 242 g/mol. The SMILES string of the molecule is Clc1ccc(-c2cc[nH+]cc2)c(Cl)c1.[OH-]. The molecule has 4 heteroatoms. The molecule has 0 spiro atoms. The molecule has 0 saturated heterocycles. The molecule has 0 radical (unpaired) electrons. The lowest BCUT2D eigenvalue weighted by molar-refractivity contribution is -0.377. The summed E-state index contributed by atoms with van der Waals surface area (Å²) in [5, 5.41) is 1.32. The average Bonchev–Trinajstić information content (AvgIpc) is 2.19. The summed E-state index contributed by atoms with van der Waals surface area (Å²) in [5.74, 6) is 0. The molecule has 0 saturated carbocycles. The van der Waals surface area contributed by atoms with Gasteiger partial charge in [0.2, 0.25) is 0 Å². The maximum absolute atomic E-state index is 6.07. The Hall–Kier alpha value is -1.09. The van der Waals surface area contributed by atoms with E-state index in [1.54, 1.807) is 6.07 Å². The normalized spacial score (nSPS) is 9.47. The Morgan fingerprint density at radius 3 is 2.20 bits per heavy atom. The van der Waals surface area contributed by atoms with Crippen LogP contribution in [0.4, 0.5) is 0 Å². The summed E-state index contributed by atoms with van der Waals surface area (Å²) in [6, 6.07) is 9.43. The van der Waals surface area contributed by atoms with E-state index in [1.807, 2.05) is 36.7 Å². The van der Waals surface area contributed by atoms with Gasteiger partial charge >= 0.3 is 0 Å². The van der Waals surface area contributed by atoms with E-state index in [0.717, 1.165) is 11.1 Å². The van der Waals surface area contributed by atoms with Crippen molar-refractivity contribution in [3.8, 4) is 11.1 Å². The van der Waals surface area contributed by atoms with Crippen molar-refractivity contribution < 1.29 is 10.5 Å². The predicted molar refractivity (Wildman–Crippen MR) is 60.4 cm³/mol. The Labute approximate surface area is 97.8 Å². The highest BCUT2D eigenvalue weighted by atomic mass is 35.5. The van der Waals surface area contributed by atoms with Gasteiger partial charge in [0.1, 0.15) is 0 Å². The number of hydrogen-bond donors (Lipinski definition) is 0. The van der Waals surface area contributed by atoms with E-state index in [-0.39, 0.29) is 5.48 Å². The summed E-state index contributed by atoms with van der Waals surface area (Å²) in [5.41, 5.74) is 2.07. The minimum Gasteiger partial charge on any atom is -0.870 e. The van der Waals surface area contributed by atoms with Gasteiger partial charge in [-0.25, -0.2) is 4.98 Å². The van der Waals surface area contributed by atoms with E-state index in [4.69, 9.17) is 23.2 Å². The number of H-pyrrole nitrogens is 1. The van der Waals surface area contributed by atoms with Crippen LogP contribution in [0.3, 0.4) is 0 Å². The molecule has 0 amide bonds. The lowest BCUT2D eigenvalue weighted by Crippen LogP contribution is -1.96. The molecular weight excluding hydrogens is 233 g/mol. The highest BCUT2D eigenvalue weighted by Gasteiger charge is 2.03. The van der Waals surface area contributed by atoms with Crippen molar-refractivity contribution in [2.75, 3.05) is 0 Å². The Morgan fingerprint density at radius 1 is 0.933 bits per heavy atom. The summed E-state index contributed by atoms with van der Waals surface area (Å²) in [4.78, 5) is 2.96. The van der Waals surface area contributed by atoms with Gasteiger partial charge in [0, 0.05) is 27.7 Å². The second-order valence-electron chi connectivity index (χ2n) is 2.91. The second kappa shape index (κ2) is 5.12. The lowest BCUT2D eigenvalue weighted by atomic mass is 10.1. The summed E-state index contributed by atoms with van der Waals surface area (Å²) in [6.07, 6.45) is 3.72. The van der Waals surface area contributed by atoms with Crippen LogP contribution in [0.5, 0.6) is 0 Å². The first-order valence-electron chi connectivity index (χ1n) is 4.19. The second-order valence-corrected chi connectivity index (χ2v) is 3.76. The van der Waals surface area contributed by atoms with Crippen molar-refractivity contribution >= 4 is 23.2 Å². The smallest absolute Gasteiger partial charge is 0.167 e. The van der Waals surface area contributed by atoms with Crippen LogP contribution >= 0.6 is 23.2 Å². The van der Waals surface area contributed by atoms with Gasteiger partial charge in [-0.05, 0) is 17.7 Å². The van der Waals surface area contributed by atoms with Gasteiger partial charge in [-0.2, -0.15) is 0 Å². The van der Waals surface area contributed by atoms with Crippen molar-refractivity contribution in [3.63, 3.8) is 0 Å². The van der Waals surface area contributed by atoms with Gasteiger partial charge in [0.25, 0.3) is 0 Å². The molecule has 1 heterocycles. The zero-order chi connectivity index (χ0) is 9.97. The van der Waals surface area contributed by atoms with E-state index in [2.05, 4.69) is 4.98 Å². The Kier molecular flexibility index (Phi) is 4.09. The van der Waals surface area contributed by atoms with E-state index in [9.17, 15) is 0 Å². The maximum Gasteiger partial charge on any atom is 0.167 e. The van der Waals surface area contributed by atoms with Crippen LogP contribution in [-0.4, -0.2) is 5.48 Å². The van der Waals surface area contributed by atoms with Crippen molar-refractivity contribution in [1.29, 1.82) is 0 Å². The number of pyridine rings is 1. The molecule has 2 nitrogen and oxygen atoms in total. The summed E-state index contributed by atoms with van der Waals surface area (Å²) in [7, 11) is 0. The molecule has 2 rings (SSSR count). The number of hydrogen-bond acceptors (Lipinski definition) is 1. The third-order valence-electron chi connectivity index (χ3n) is 1.96. The minimum atomic E-state index is 0. The molecule has 78 valence electrons. The molecule has 0 aliphatic carbocycles. The summed E-state index contributed by atoms with van der Waals surface area (Å²) >= 11 is 11.9. The molecule has 0 fully saturated rings. The van der Waals surface area contributed by atoms with Crippen LogP contribution in [-0.2, 0) is 0 Å². The van der Waals surface area contributed by atoms with Crippen LogP contribution in [0.15, 0.2) is 42.7 Å². The zero-order valence-corrected chi connectivity index (χ0v) is 9.26. The monoisotopic (exact) mass is 241 g/mol. The van der Waals surface area contributed by atoms with Crippen molar-refractivity contribution in [3.05, 3.63) is 52.8 Å². The topological polar surface area (TPSA) is 44.1 Å². The van der Waals surface area contributed by atoms with Crippen molar-refractivity contribution in [1.82, 2.24) is 0 Å². The van der Waals surface area contributed by atoms with Gasteiger partial charge < -0.3 is 5.48 Å². The maximum atomic E-state index is 6.07. The first kappa shape index (κ1) is 12.0. The van der Waals surface area contributed by atoms with Gasteiger partial charge in [-0.15, -0.1) is 0 Å². The predicted octanol–water partition coefficient (Wildman–Crippen LogP) is 3.30. The Balaban J connectivity index is 0.00000112. The lowest BCUT2D eigenvalue weighted by Gasteiger charge is -2.02. The molecule has 1 aromatic carbocycles. The fourth-order valence-corrected chi connectivity index (χ4v) is 1.81. The van der Waals surface area contributed by atoms with Crippen LogP contribution < -0.4 is 4.98 Å². The highest BCUT2D eigenvalue weighted by molar-refractivity contribution is 6.36. The molecule has 0 aliphatic heterocycles. The highest BCUT2D eigenvalue weighted by Crippen LogP contribution is 2.29. The first-order valence-corrected chi connectivity index (χ1v) is 4.94. The van der Waals surface area contributed by atoms with Gasteiger partial charge in [-0.1, -0.05) is 29.3 Å². The van der Waals surface area contributed by atoms with Crippen molar-refractivity contribution in [2.45, 2.75) is 0 Å². The summed E-state index contributed by atoms with van der Waals surface area (Å²) < 4.78 is 0. The molecule has 2 aromatic rings. The minimum absolute atomic E-state index is 0. The van der Waals surface area contributed by atoms with Crippen LogP contribution in [0.25, 0.3) is 11.1 Å². The van der Waals surface area contributed by atoms with Gasteiger partial charge in [-0.3, -0.25) is 0 Å². The number of nitrogens with one attached hydrogen (secondary N) is 1. The van der Waals surface area contributed by atoms with E-state index >= 15 is 0 Å². The number of benzene rings is 1. The van der Waals surface area contributed by atoms with E-state index in [0.29, 0.717) is 10.0 Å². The van der Waals surface area contributed by atoms with Crippen LogP contribution in [0.2, 0.25) is 10.0 Å². The van der Waals surface area contributed by atoms with E-state index in [1.165, 1.54) is 0 Å². The Morgan fingerprint density at radius 2 is 1.60 bits per heavy atom. The first-order chi connectivity index (χ1) is 6.77. The number of rotatable bonds is 1. The summed E-state index contributed by atoms with van der Waals surface area (Å²) in [6.45, 7) is 0. The third-order valence-corrected chi connectivity index (χ3v) is 2.51. The molecule has 0 unspecified atom stereocenters. The zero-order valence-electron chi connectivity index (χ0n) is 7.74. The fourth-order valence-electron chi connectivity index (χ4n) is 1.29. The molecule has 0 aliphatic rings. The molecule has 0 bridgehead atoms. The molecule has 1 aromatic heterocycles. The van der Waals surface area contributed by atoms with E-state index < -0.39 is 0 Å². The number of halogens is 2. The number of aromatic amines is 1.